The quantitative estimate of drug-likeness (QED) is 0.795. The maximum absolute atomic E-state index is 12.4. The molecule has 2 aromatic rings. The van der Waals surface area contributed by atoms with E-state index in [1.807, 2.05) is 0 Å². The Morgan fingerprint density at radius 3 is 2.39 bits per heavy atom. The number of esters is 1. The first-order valence-corrected chi connectivity index (χ1v) is 7.48. The Hall–Kier alpha value is -2.37. The standard InChI is InChI=1S/C17H21NO5/c1-7-18-13-10(3)11(14(19)23-17(4,5)6)8-9(2)12(13)15(20)22-16(18)21/h8H,7H2,1-6H3. The van der Waals surface area contributed by atoms with Crippen molar-refractivity contribution in [3.63, 3.8) is 0 Å². The van der Waals surface area contributed by atoms with Crippen LogP contribution in [0.15, 0.2) is 20.1 Å². The van der Waals surface area contributed by atoms with Gasteiger partial charge in [-0.15, -0.1) is 0 Å². The Labute approximate surface area is 133 Å². The van der Waals surface area contributed by atoms with Gasteiger partial charge in [-0.1, -0.05) is 0 Å². The predicted octanol–water partition coefficient (Wildman–Crippen LogP) is 2.55. The van der Waals surface area contributed by atoms with Gasteiger partial charge in [0, 0.05) is 6.54 Å². The second-order valence-electron chi connectivity index (χ2n) is 6.49. The molecule has 0 radical (unpaired) electrons. The van der Waals surface area contributed by atoms with Crippen molar-refractivity contribution < 1.29 is 13.9 Å². The number of carbonyl (C=O) groups excluding carboxylic acids is 1. The molecule has 0 atom stereocenters. The zero-order valence-corrected chi connectivity index (χ0v) is 14.3. The summed E-state index contributed by atoms with van der Waals surface area (Å²) in [7, 11) is 0. The molecule has 0 saturated heterocycles. The van der Waals surface area contributed by atoms with E-state index in [-0.39, 0.29) is 0 Å². The molecule has 0 saturated carbocycles. The van der Waals surface area contributed by atoms with Gasteiger partial charge in [-0.3, -0.25) is 4.57 Å². The lowest BCUT2D eigenvalue weighted by Gasteiger charge is -2.21. The van der Waals surface area contributed by atoms with Crippen molar-refractivity contribution in [2.45, 2.75) is 53.7 Å². The molecule has 2 rings (SSSR count). The second kappa shape index (κ2) is 5.68. The molecule has 23 heavy (non-hydrogen) atoms. The van der Waals surface area contributed by atoms with Crippen LogP contribution < -0.4 is 11.4 Å². The highest BCUT2D eigenvalue weighted by Gasteiger charge is 2.23. The first-order valence-electron chi connectivity index (χ1n) is 7.48. The van der Waals surface area contributed by atoms with Crippen molar-refractivity contribution in [1.29, 1.82) is 0 Å². The number of hydrogen-bond acceptors (Lipinski definition) is 5. The van der Waals surface area contributed by atoms with Crippen LogP contribution in [0, 0.1) is 13.8 Å². The van der Waals surface area contributed by atoms with E-state index in [2.05, 4.69) is 0 Å². The number of aryl methyl sites for hydroxylation is 3. The zero-order valence-electron chi connectivity index (χ0n) is 14.3. The van der Waals surface area contributed by atoms with Crippen LogP contribution in [0.4, 0.5) is 0 Å². The van der Waals surface area contributed by atoms with Crippen molar-refractivity contribution in [3.05, 3.63) is 43.7 Å². The molecule has 0 unspecified atom stereocenters. The number of benzene rings is 1. The Balaban J connectivity index is 2.87. The van der Waals surface area contributed by atoms with E-state index >= 15 is 0 Å². The minimum atomic E-state index is -0.728. The number of nitrogens with zero attached hydrogens (tertiary/aromatic N) is 1. The third-order valence-corrected chi connectivity index (χ3v) is 3.56. The minimum absolute atomic E-state index is 0.316. The number of ether oxygens (including phenoxy) is 1. The average molecular weight is 319 g/mol. The topological polar surface area (TPSA) is 78.5 Å². The van der Waals surface area contributed by atoms with Crippen LogP contribution in [-0.4, -0.2) is 16.1 Å². The largest absolute Gasteiger partial charge is 0.456 e. The number of rotatable bonds is 2. The maximum atomic E-state index is 12.4. The van der Waals surface area contributed by atoms with Crippen LogP contribution in [0.2, 0.25) is 0 Å². The fourth-order valence-electron chi connectivity index (χ4n) is 2.60. The molecule has 0 bridgehead atoms. The highest BCUT2D eigenvalue weighted by atomic mass is 16.6. The van der Waals surface area contributed by atoms with Crippen LogP contribution >= 0.6 is 0 Å². The molecule has 124 valence electrons. The van der Waals surface area contributed by atoms with Gasteiger partial charge in [0.25, 0.3) is 0 Å². The minimum Gasteiger partial charge on any atom is -0.456 e. The van der Waals surface area contributed by atoms with Crippen LogP contribution in [0.1, 0.15) is 49.2 Å². The molecule has 0 amide bonds. The summed E-state index contributed by atoms with van der Waals surface area (Å²) in [6.45, 7) is 10.9. The highest BCUT2D eigenvalue weighted by Crippen LogP contribution is 2.24. The Bertz CT molecular complexity index is 896. The molecular weight excluding hydrogens is 298 g/mol. The molecular formula is C17H21NO5. The zero-order chi connectivity index (χ0) is 17.5. The fourth-order valence-corrected chi connectivity index (χ4v) is 2.60. The Morgan fingerprint density at radius 1 is 1.26 bits per heavy atom. The van der Waals surface area contributed by atoms with Crippen molar-refractivity contribution in [2.75, 3.05) is 0 Å². The van der Waals surface area contributed by atoms with E-state index in [4.69, 9.17) is 9.15 Å². The smallest absolute Gasteiger partial charge is 0.422 e. The maximum Gasteiger partial charge on any atom is 0.422 e. The van der Waals surface area contributed by atoms with Gasteiger partial charge in [-0.25, -0.2) is 14.4 Å². The van der Waals surface area contributed by atoms with Gasteiger partial charge >= 0.3 is 17.4 Å². The Kier molecular flexibility index (Phi) is 4.20. The van der Waals surface area contributed by atoms with Gasteiger partial charge in [0.2, 0.25) is 0 Å². The lowest BCUT2D eigenvalue weighted by Crippen LogP contribution is -2.27. The summed E-state index contributed by atoms with van der Waals surface area (Å²) in [5.74, 6) is -1.21. The Morgan fingerprint density at radius 2 is 1.87 bits per heavy atom. The first kappa shape index (κ1) is 17.0. The van der Waals surface area contributed by atoms with Crippen LogP contribution in [0.5, 0.6) is 0 Å². The first-order chi connectivity index (χ1) is 10.6. The van der Waals surface area contributed by atoms with Gasteiger partial charge in [0.05, 0.1) is 16.5 Å². The molecule has 1 aromatic heterocycles. The van der Waals surface area contributed by atoms with Crippen molar-refractivity contribution in [2.24, 2.45) is 0 Å². The summed E-state index contributed by atoms with van der Waals surface area (Å²) >= 11 is 0. The molecule has 6 heteroatoms. The second-order valence-corrected chi connectivity index (χ2v) is 6.49. The molecule has 0 aliphatic heterocycles. The van der Waals surface area contributed by atoms with Crippen LogP contribution in [0.3, 0.4) is 0 Å². The number of fused-ring (bicyclic) bond motifs is 1. The molecule has 0 N–H and O–H groups in total. The van der Waals surface area contributed by atoms with E-state index in [0.717, 1.165) is 0 Å². The van der Waals surface area contributed by atoms with Crippen molar-refractivity contribution in [3.8, 4) is 0 Å². The third kappa shape index (κ3) is 3.06. The van der Waals surface area contributed by atoms with Gasteiger partial charge in [0.15, 0.2) is 0 Å². The lowest BCUT2D eigenvalue weighted by atomic mass is 10.00. The average Bonchev–Trinajstić information content (AvgIpc) is 2.40. The number of hydrogen-bond donors (Lipinski definition) is 0. The highest BCUT2D eigenvalue weighted by molar-refractivity contribution is 5.98. The van der Waals surface area contributed by atoms with E-state index in [1.54, 1.807) is 47.6 Å². The van der Waals surface area contributed by atoms with E-state index in [1.165, 1.54) is 4.57 Å². The SMILES string of the molecule is CCn1c(=O)oc(=O)c2c(C)cc(C(=O)OC(C)(C)C)c(C)c21. The summed E-state index contributed by atoms with van der Waals surface area (Å²) in [6, 6.07) is 1.60. The molecule has 0 aliphatic rings. The van der Waals surface area contributed by atoms with E-state index < -0.39 is 23.0 Å². The van der Waals surface area contributed by atoms with Gasteiger partial charge < -0.3 is 9.15 Å². The molecule has 1 aromatic carbocycles. The van der Waals surface area contributed by atoms with Crippen LogP contribution in [0.25, 0.3) is 10.9 Å². The van der Waals surface area contributed by atoms with E-state index in [0.29, 0.717) is 34.1 Å². The molecule has 1 heterocycles. The van der Waals surface area contributed by atoms with E-state index in [9.17, 15) is 14.4 Å². The summed E-state index contributed by atoms with van der Waals surface area (Å²) in [5, 5.41) is 0.316. The normalized spacial score (nSPS) is 11.7. The molecule has 0 spiro atoms. The predicted molar refractivity (Wildman–Crippen MR) is 87.1 cm³/mol. The van der Waals surface area contributed by atoms with Crippen LogP contribution in [-0.2, 0) is 11.3 Å². The summed E-state index contributed by atoms with van der Waals surface area (Å²) in [6.07, 6.45) is 0. The third-order valence-electron chi connectivity index (χ3n) is 3.56. The number of aromatic nitrogens is 1. The summed E-state index contributed by atoms with van der Waals surface area (Å²) < 4.78 is 11.5. The monoisotopic (exact) mass is 319 g/mol. The molecule has 6 nitrogen and oxygen atoms in total. The van der Waals surface area contributed by atoms with Gasteiger partial charge in [-0.05, 0) is 58.7 Å². The van der Waals surface area contributed by atoms with Gasteiger partial charge in [0.1, 0.15) is 5.60 Å². The summed E-state index contributed by atoms with van der Waals surface area (Å²) in [4.78, 5) is 36.4. The van der Waals surface area contributed by atoms with Crippen molar-refractivity contribution >= 4 is 16.9 Å². The number of carbonyl (C=O) groups is 1. The van der Waals surface area contributed by atoms with Gasteiger partial charge in [-0.2, -0.15) is 0 Å². The fraction of sp³-hybridized carbons (Fsp3) is 0.471. The van der Waals surface area contributed by atoms with Crippen molar-refractivity contribution in [1.82, 2.24) is 4.57 Å². The molecule has 0 fully saturated rings. The lowest BCUT2D eigenvalue weighted by molar-refractivity contribution is 0.00687. The molecule has 0 aliphatic carbocycles. The summed E-state index contributed by atoms with van der Waals surface area (Å²) in [5.41, 5.74) is 0.555.